The van der Waals surface area contributed by atoms with E-state index < -0.39 is 41.8 Å². The Morgan fingerprint density at radius 2 is 2.20 bits per heavy atom. The van der Waals surface area contributed by atoms with Crippen LogP contribution in [0.3, 0.4) is 0 Å². The first-order chi connectivity index (χ1) is 9.45. The lowest BCUT2D eigenvalue weighted by molar-refractivity contribution is -0.155. The van der Waals surface area contributed by atoms with Gasteiger partial charge in [0.1, 0.15) is 5.60 Å². The molecule has 0 unspecified atom stereocenters. The number of hydrogen-bond donors (Lipinski definition) is 3. The molecule has 0 radical (unpaired) electrons. The van der Waals surface area contributed by atoms with Crippen molar-refractivity contribution in [2.45, 2.75) is 37.0 Å². The number of nitrogens with one attached hydrogen (secondary N) is 1. The molecule has 0 spiro atoms. The Bertz CT molecular complexity index is 515. The molecular weight excluding hydrogens is 266 g/mol. The summed E-state index contributed by atoms with van der Waals surface area (Å²) < 4.78 is 5.80. The summed E-state index contributed by atoms with van der Waals surface area (Å²) >= 11 is 0. The summed E-state index contributed by atoms with van der Waals surface area (Å²) in [5.41, 5.74) is -1.49. The zero-order valence-corrected chi connectivity index (χ0v) is 10.6. The minimum atomic E-state index is -1.49. The fraction of sp³-hybridized carbons (Fsp3) is 0.615. The van der Waals surface area contributed by atoms with E-state index in [1.54, 1.807) is 0 Å². The average Bonchev–Trinajstić information content (AvgIpc) is 2.81. The molecule has 0 aromatic heterocycles. The first-order valence-electron chi connectivity index (χ1n) is 6.55. The van der Waals surface area contributed by atoms with Crippen LogP contribution in [0, 0.1) is 11.8 Å². The zero-order chi connectivity index (χ0) is 14.5. The SMILES string of the molecule is O=C(O)C[C@@]12O[C@H]3C=CCC[C@H]3[C@@H]1C(=O)N[C@H]2C(=O)O. The van der Waals surface area contributed by atoms with Gasteiger partial charge in [-0.25, -0.2) is 4.79 Å². The van der Waals surface area contributed by atoms with E-state index in [4.69, 9.17) is 9.84 Å². The number of carboxylic acid groups (broad SMARTS) is 2. The lowest BCUT2D eigenvalue weighted by atomic mass is 9.74. The molecule has 0 aromatic carbocycles. The Balaban J connectivity index is 2.05. The van der Waals surface area contributed by atoms with Crippen molar-refractivity contribution in [1.29, 1.82) is 0 Å². The second-order valence-electron chi connectivity index (χ2n) is 5.53. The van der Waals surface area contributed by atoms with Crippen LogP contribution in [0.25, 0.3) is 0 Å². The maximum absolute atomic E-state index is 12.1. The van der Waals surface area contributed by atoms with Crippen LogP contribution in [0.2, 0.25) is 0 Å². The van der Waals surface area contributed by atoms with Crippen molar-refractivity contribution >= 4 is 17.8 Å². The number of rotatable bonds is 3. The summed E-state index contributed by atoms with van der Waals surface area (Å²) in [6.45, 7) is 0. The summed E-state index contributed by atoms with van der Waals surface area (Å²) in [6.07, 6.45) is 4.35. The summed E-state index contributed by atoms with van der Waals surface area (Å²) in [7, 11) is 0. The zero-order valence-electron chi connectivity index (χ0n) is 10.6. The first kappa shape index (κ1) is 13.1. The molecule has 20 heavy (non-hydrogen) atoms. The highest BCUT2D eigenvalue weighted by atomic mass is 16.5. The van der Waals surface area contributed by atoms with Crippen LogP contribution < -0.4 is 5.32 Å². The predicted molar refractivity (Wildman–Crippen MR) is 64.8 cm³/mol. The molecular formula is C13H15NO6. The van der Waals surface area contributed by atoms with Gasteiger partial charge in [-0.05, 0) is 12.8 Å². The van der Waals surface area contributed by atoms with Gasteiger partial charge >= 0.3 is 11.9 Å². The van der Waals surface area contributed by atoms with Gasteiger partial charge in [0.05, 0.1) is 18.4 Å². The number of carboxylic acids is 2. The van der Waals surface area contributed by atoms with Gasteiger partial charge in [-0.1, -0.05) is 12.2 Å². The first-order valence-corrected chi connectivity index (χ1v) is 6.55. The lowest BCUT2D eigenvalue weighted by Crippen LogP contribution is -2.52. The predicted octanol–water partition coefficient (Wildman–Crippen LogP) is -0.236. The van der Waals surface area contributed by atoms with Crippen molar-refractivity contribution in [2.75, 3.05) is 0 Å². The van der Waals surface area contributed by atoms with Gasteiger partial charge in [-0.3, -0.25) is 9.59 Å². The number of hydrogen-bond acceptors (Lipinski definition) is 4. The van der Waals surface area contributed by atoms with E-state index in [1.807, 2.05) is 12.2 Å². The fourth-order valence-corrected chi connectivity index (χ4v) is 3.78. The molecule has 3 N–H and O–H groups in total. The van der Waals surface area contributed by atoms with Crippen LogP contribution in [0.5, 0.6) is 0 Å². The number of fused-ring (bicyclic) bond motifs is 3. The van der Waals surface area contributed by atoms with E-state index in [2.05, 4.69) is 5.32 Å². The fourth-order valence-electron chi connectivity index (χ4n) is 3.78. The molecule has 5 atom stereocenters. The minimum Gasteiger partial charge on any atom is -0.481 e. The molecule has 1 amide bonds. The highest BCUT2D eigenvalue weighted by Gasteiger charge is 2.68. The number of carbonyl (C=O) groups is 3. The number of allylic oxidation sites excluding steroid dienone is 1. The van der Waals surface area contributed by atoms with Crippen molar-refractivity contribution in [3.05, 3.63) is 12.2 Å². The second-order valence-corrected chi connectivity index (χ2v) is 5.53. The van der Waals surface area contributed by atoms with Crippen LogP contribution in [0.1, 0.15) is 19.3 Å². The van der Waals surface area contributed by atoms with Crippen LogP contribution >= 0.6 is 0 Å². The van der Waals surface area contributed by atoms with Crippen molar-refractivity contribution in [3.63, 3.8) is 0 Å². The van der Waals surface area contributed by atoms with Gasteiger partial charge in [0.2, 0.25) is 5.91 Å². The Morgan fingerprint density at radius 3 is 2.85 bits per heavy atom. The van der Waals surface area contributed by atoms with E-state index in [9.17, 15) is 19.5 Å². The number of ether oxygens (including phenoxy) is 1. The van der Waals surface area contributed by atoms with E-state index in [0.29, 0.717) is 6.42 Å². The van der Waals surface area contributed by atoms with Crippen LogP contribution in [-0.4, -0.2) is 45.8 Å². The average molecular weight is 281 g/mol. The van der Waals surface area contributed by atoms with E-state index in [1.165, 1.54) is 0 Å². The van der Waals surface area contributed by atoms with Crippen molar-refractivity contribution in [2.24, 2.45) is 11.8 Å². The smallest absolute Gasteiger partial charge is 0.329 e. The quantitative estimate of drug-likeness (QED) is 0.616. The molecule has 0 saturated carbocycles. The standard InChI is InChI=1S/C13H15NO6/c15-8(16)5-13-9(11(17)14-10(13)12(18)19)6-3-1-2-4-7(6)20-13/h2,4,6-7,9-10H,1,3,5H2,(H,14,17)(H,15,16)(H,18,19)/t6-,7+,9-,10+,13-/m1/s1. The molecule has 1 aliphatic carbocycles. The van der Waals surface area contributed by atoms with Gasteiger partial charge in [-0.2, -0.15) is 0 Å². The van der Waals surface area contributed by atoms with Gasteiger partial charge < -0.3 is 20.3 Å². The highest BCUT2D eigenvalue weighted by Crippen LogP contribution is 2.51. The number of aliphatic carboxylic acids is 2. The molecule has 3 aliphatic rings. The van der Waals surface area contributed by atoms with Crippen molar-refractivity contribution in [3.8, 4) is 0 Å². The van der Waals surface area contributed by atoms with Gasteiger partial charge in [0.25, 0.3) is 0 Å². The number of carbonyl (C=O) groups excluding carboxylic acids is 1. The molecule has 3 rings (SSSR count). The highest BCUT2D eigenvalue weighted by molar-refractivity contribution is 5.94. The summed E-state index contributed by atoms with van der Waals surface area (Å²) in [4.78, 5) is 34.7. The lowest BCUT2D eigenvalue weighted by Gasteiger charge is -2.29. The Kier molecular flexibility index (Phi) is 2.82. The Morgan fingerprint density at radius 1 is 1.45 bits per heavy atom. The van der Waals surface area contributed by atoms with Crippen LogP contribution in [0.4, 0.5) is 0 Å². The van der Waals surface area contributed by atoms with E-state index in [0.717, 1.165) is 6.42 Å². The monoisotopic (exact) mass is 281 g/mol. The minimum absolute atomic E-state index is 0.149. The van der Waals surface area contributed by atoms with Gasteiger partial charge in [-0.15, -0.1) is 0 Å². The summed E-state index contributed by atoms with van der Waals surface area (Å²) in [6, 6.07) is -1.31. The third-order valence-corrected chi connectivity index (χ3v) is 4.46. The maximum atomic E-state index is 12.1. The summed E-state index contributed by atoms with van der Waals surface area (Å²) in [5, 5.41) is 20.8. The molecule has 7 heteroatoms. The van der Waals surface area contributed by atoms with Crippen LogP contribution in [0.15, 0.2) is 12.2 Å². The van der Waals surface area contributed by atoms with Crippen molar-refractivity contribution < 1.29 is 29.3 Å². The second kappa shape index (κ2) is 4.31. The molecule has 2 heterocycles. The topological polar surface area (TPSA) is 113 Å². The van der Waals surface area contributed by atoms with E-state index in [-0.39, 0.29) is 12.0 Å². The van der Waals surface area contributed by atoms with Crippen LogP contribution in [-0.2, 0) is 19.1 Å². The maximum Gasteiger partial charge on any atom is 0.329 e. The molecule has 2 fully saturated rings. The van der Waals surface area contributed by atoms with Gasteiger partial charge in [0.15, 0.2) is 6.04 Å². The van der Waals surface area contributed by atoms with E-state index >= 15 is 0 Å². The third kappa shape index (κ3) is 1.66. The third-order valence-electron chi connectivity index (χ3n) is 4.46. The normalized spacial score (nSPS) is 41.9. The molecule has 0 bridgehead atoms. The molecule has 7 nitrogen and oxygen atoms in total. The van der Waals surface area contributed by atoms with Crippen molar-refractivity contribution in [1.82, 2.24) is 5.32 Å². The molecule has 108 valence electrons. The molecule has 2 aliphatic heterocycles. The molecule has 2 saturated heterocycles. The summed E-state index contributed by atoms with van der Waals surface area (Å²) in [5.74, 6) is -3.70. The Hall–Kier alpha value is -1.89. The number of amides is 1. The largest absolute Gasteiger partial charge is 0.481 e. The van der Waals surface area contributed by atoms with Gasteiger partial charge in [0, 0.05) is 5.92 Å². The Labute approximate surface area is 114 Å². The molecule has 0 aromatic rings.